The fourth-order valence-electron chi connectivity index (χ4n) is 10.6. The molecular formula is C33H45NO2. The fourth-order valence-corrected chi connectivity index (χ4v) is 10.6. The van der Waals surface area contributed by atoms with Gasteiger partial charge in [0.2, 0.25) is 0 Å². The first kappa shape index (κ1) is 23.6. The van der Waals surface area contributed by atoms with Gasteiger partial charge in [-0.05, 0) is 118 Å². The van der Waals surface area contributed by atoms with Crippen molar-refractivity contribution in [2.45, 2.75) is 120 Å². The van der Waals surface area contributed by atoms with Gasteiger partial charge in [0.15, 0.2) is 0 Å². The molecule has 7 aliphatic rings. The Labute approximate surface area is 217 Å². The number of hydrogen-bond acceptors (Lipinski definition) is 3. The maximum atomic E-state index is 10.3. The van der Waals surface area contributed by atoms with Crippen molar-refractivity contribution < 1.29 is 9.84 Å². The van der Waals surface area contributed by atoms with E-state index in [9.17, 15) is 5.11 Å². The second-order valence-electron chi connectivity index (χ2n) is 14.0. The van der Waals surface area contributed by atoms with Crippen molar-refractivity contribution in [3.63, 3.8) is 0 Å². The van der Waals surface area contributed by atoms with Crippen LogP contribution in [0.15, 0.2) is 18.2 Å². The molecule has 3 N–H and O–H groups in total. The Kier molecular flexibility index (Phi) is 5.58. The van der Waals surface area contributed by atoms with Gasteiger partial charge in [0.1, 0.15) is 5.75 Å². The van der Waals surface area contributed by atoms with Crippen molar-refractivity contribution in [3.05, 3.63) is 29.3 Å². The molecule has 2 aliphatic heterocycles. The van der Waals surface area contributed by atoms with Crippen molar-refractivity contribution in [2.75, 3.05) is 0 Å². The van der Waals surface area contributed by atoms with E-state index in [-0.39, 0.29) is 23.2 Å². The van der Waals surface area contributed by atoms with Gasteiger partial charge >= 0.3 is 0 Å². The summed E-state index contributed by atoms with van der Waals surface area (Å²) in [5.74, 6) is 10.2. The van der Waals surface area contributed by atoms with Crippen LogP contribution in [0.3, 0.4) is 0 Å². The molecule has 6 fully saturated rings. The van der Waals surface area contributed by atoms with Gasteiger partial charge in [0.25, 0.3) is 0 Å². The topological polar surface area (TPSA) is 55.5 Å². The molecule has 36 heavy (non-hydrogen) atoms. The second kappa shape index (κ2) is 8.51. The lowest BCUT2D eigenvalue weighted by Gasteiger charge is -2.66. The number of phenolic OH excluding ortho intramolecular Hbond substituents is 1. The van der Waals surface area contributed by atoms with E-state index in [1.807, 2.05) is 12.1 Å². The van der Waals surface area contributed by atoms with Crippen LogP contribution in [-0.4, -0.2) is 22.4 Å². The predicted molar refractivity (Wildman–Crippen MR) is 143 cm³/mol. The van der Waals surface area contributed by atoms with Crippen molar-refractivity contribution in [1.82, 2.24) is 0 Å². The summed E-state index contributed by atoms with van der Waals surface area (Å²) in [6.45, 7) is 2.45. The number of rotatable bonds is 1. The van der Waals surface area contributed by atoms with E-state index in [1.54, 1.807) is 0 Å². The van der Waals surface area contributed by atoms with Crippen molar-refractivity contribution in [3.8, 4) is 17.6 Å². The summed E-state index contributed by atoms with van der Waals surface area (Å²) in [5, 5.41) is 10.3. The Morgan fingerprint density at radius 3 is 2.58 bits per heavy atom. The lowest BCUT2D eigenvalue weighted by atomic mass is 9.50. The number of nitrogens with two attached hydrogens (primary N) is 1. The molecule has 8 rings (SSSR count). The van der Waals surface area contributed by atoms with Gasteiger partial charge in [-0.2, -0.15) is 0 Å². The molecule has 0 aromatic heterocycles. The number of aromatic hydroxyl groups is 1. The molecule has 2 saturated heterocycles. The number of benzene rings is 1. The third-order valence-electron chi connectivity index (χ3n) is 12.1. The molecule has 7 atom stereocenters. The minimum absolute atomic E-state index is 0.0862. The van der Waals surface area contributed by atoms with Crippen molar-refractivity contribution >= 4 is 0 Å². The van der Waals surface area contributed by atoms with E-state index in [4.69, 9.17) is 10.5 Å². The van der Waals surface area contributed by atoms with Crippen LogP contribution in [0.2, 0.25) is 0 Å². The Morgan fingerprint density at radius 2 is 1.78 bits per heavy atom. The molecule has 0 amide bonds. The van der Waals surface area contributed by atoms with Crippen LogP contribution in [0.4, 0.5) is 0 Å². The Balaban J connectivity index is 1.35. The van der Waals surface area contributed by atoms with Gasteiger partial charge < -0.3 is 15.6 Å². The average molecular weight is 488 g/mol. The van der Waals surface area contributed by atoms with E-state index in [0.717, 1.165) is 12.8 Å². The van der Waals surface area contributed by atoms with Gasteiger partial charge in [-0.15, -0.1) is 0 Å². The summed E-state index contributed by atoms with van der Waals surface area (Å²) in [6, 6.07) is 6.12. The van der Waals surface area contributed by atoms with Gasteiger partial charge in [-0.25, -0.2) is 0 Å². The third-order valence-corrected chi connectivity index (χ3v) is 12.1. The highest BCUT2D eigenvalue weighted by molar-refractivity contribution is 5.38. The predicted octanol–water partition coefficient (Wildman–Crippen LogP) is 6.54. The Hall–Kier alpha value is -1.50. The summed E-state index contributed by atoms with van der Waals surface area (Å²) < 4.78 is 7.65. The Bertz CT molecular complexity index is 1070. The lowest BCUT2D eigenvalue weighted by molar-refractivity contribution is -0.310. The lowest BCUT2D eigenvalue weighted by Crippen LogP contribution is -2.73. The quantitative estimate of drug-likeness (QED) is 0.442. The highest BCUT2D eigenvalue weighted by Crippen LogP contribution is 2.64. The zero-order valence-electron chi connectivity index (χ0n) is 22.2. The number of ether oxygens (including phenoxy) is 1. The largest absolute Gasteiger partial charge is 0.508 e. The molecule has 5 aliphatic carbocycles. The average Bonchev–Trinajstić information content (AvgIpc) is 3.55. The first-order chi connectivity index (χ1) is 17.4. The van der Waals surface area contributed by atoms with Gasteiger partial charge in [0.05, 0.1) is 17.1 Å². The van der Waals surface area contributed by atoms with Crippen molar-refractivity contribution in [2.24, 2.45) is 40.7 Å². The summed E-state index contributed by atoms with van der Waals surface area (Å²) in [5.41, 5.74) is 10.1. The molecule has 2 spiro atoms. The fraction of sp³-hybridized carbons (Fsp3) is 0.758. The van der Waals surface area contributed by atoms with Gasteiger partial charge in [-0.3, -0.25) is 0 Å². The molecule has 194 valence electrons. The second-order valence-corrected chi connectivity index (χ2v) is 14.0. The highest BCUT2D eigenvalue weighted by atomic mass is 16.5. The van der Waals surface area contributed by atoms with E-state index in [1.165, 1.54) is 88.2 Å². The zero-order valence-corrected chi connectivity index (χ0v) is 22.2. The van der Waals surface area contributed by atoms with E-state index in [2.05, 4.69) is 24.8 Å². The molecule has 0 radical (unpaired) electrons. The van der Waals surface area contributed by atoms with Crippen LogP contribution >= 0.6 is 0 Å². The Morgan fingerprint density at radius 1 is 0.972 bits per heavy atom. The molecule has 4 saturated carbocycles. The van der Waals surface area contributed by atoms with Crippen LogP contribution in [0, 0.1) is 46.8 Å². The normalized spacial score (nSPS) is 43.3. The molecule has 3 heteroatoms. The van der Waals surface area contributed by atoms with E-state index in [0.29, 0.717) is 41.3 Å². The van der Waals surface area contributed by atoms with E-state index < -0.39 is 0 Å². The SMILES string of the molecule is C[C@@]1(C2CCCC2)O[C@@]23CC[C@H]1[C@H](N)[C@H]2C#CCc1cc(O)ccc1C[C@@H]1C[C@@H]3CC2(CCCC2)C1. The smallest absolute Gasteiger partial charge is 0.115 e. The maximum Gasteiger partial charge on any atom is 0.115 e. The third kappa shape index (κ3) is 3.54. The number of fused-ring (bicyclic) bond motifs is 5. The van der Waals surface area contributed by atoms with Gasteiger partial charge in [-0.1, -0.05) is 43.6 Å². The molecule has 4 bridgehead atoms. The van der Waals surface area contributed by atoms with Crippen LogP contribution in [0.25, 0.3) is 0 Å². The molecule has 1 aromatic carbocycles. The minimum Gasteiger partial charge on any atom is -0.508 e. The first-order valence-electron chi connectivity index (χ1n) is 15.2. The molecule has 1 aromatic rings. The monoisotopic (exact) mass is 487 g/mol. The first-order valence-corrected chi connectivity index (χ1v) is 15.2. The molecular weight excluding hydrogens is 442 g/mol. The van der Waals surface area contributed by atoms with Crippen molar-refractivity contribution in [1.29, 1.82) is 0 Å². The summed E-state index contributed by atoms with van der Waals surface area (Å²) in [7, 11) is 0. The summed E-state index contributed by atoms with van der Waals surface area (Å²) in [4.78, 5) is 0. The summed E-state index contributed by atoms with van der Waals surface area (Å²) >= 11 is 0. The minimum atomic E-state index is -0.189. The highest BCUT2D eigenvalue weighted by Gasteiger charge is 2.66. The van der Waals surface area contributed by atoms with Gasteiger partial charge in [0, 0.05) is 18.4 Å². The van der Waals surface area contributed by atoms with Crippen LogP contribution < -0.4 is 5.73 Å². The van der Waals surface area contributed by atoms with Crippen LogP contribution in [0.1, 0.15) is 102 Å². The molecule has 3 nitrogen and oxygen atoms in total. The number of phenols is 1. The standard InChI is InChI=1S/C33H45NO2/c1-31(25-8-2-3-9-25)28-13-16-33(36-31)26-18-22(20-32(21-26)14-4-5-15-32)17-24-11-12-27(35)19-23(24)7-6-10-29(33)30(28)34/h11-12,19,22,25-26,28-30,35H,2-5,7-9,13-18,20-21,34H2,1H3/t22-,26-,28+,29-,30+,31+,33-/m1/s1. The van der Waals surface area contributed by atoms with Crippen LogP contribution in [0.5, 0.6) is 5.75 Å². The number of hydrogen-bond donors (Lipinski definition) is 2. The summed E-state index contributed by atoms with van der Waals surface area (Å²) in [6.07, 6.45) is 19.0. The molecule has 0 unspecified atom stereocenters. The van der Waals surface area contributed by atoms with E-state index >= 15 is 0 Å². The van der Waals surface area contributed by atoms with Crippen LogP contribution in [-0.2, 0) is 17.6 Å². The zero-order chi connectivity index (χ0) is 24.5. The maximum absolute atomic E-state index is 10.3. The molecule has 2 heterocycles.